The number of rotatable bonds is 3. The average molecular weight is 248 g/mol. The van der Waals surface area contributed by atoms with Crippen molar-refractivity contribution in [2.24, 2.45) is 0 Å². The van der Waals surface area contributed by atoms with Crippen molar-refractivity contribution in [1.29, 1.82) is 0 Å². The van der Waals surface area contributed by atoms with Gasteiger partial charge in [-0.3, -0.25) is 4.79 Å². The lowest BCUT2D eigenvalue weighted by Crippen LogP contribution is -2.60. The van der Waals surface area contributed by atoms with E-state index < -0.39 is 0 Å². The van der Waals surface area contributed by atoms with Crippen molar-refractivity contribution in [3.63, 3.8) is 0 Å². The Kier molecular flexibility index (Phi) is 3.82. The van der Waals surface area contributed by atoms with E-state index in [1.54, 1.807) is 4.90 Å². The van der Waals surface area contributed by atoms with Gasteiger partial charge < -0.3 is 15.0 Å². The summed E-state index contributed by atoms with van der Waals surface area (Å²) in [6, 6.07) is 9.59. The second kappa shape index (κ2) is 5.53. The molecule has 2 amide bonds. The lowest BCUT2D eigenvalue weighted by atomic mass is 10.1. The van der Waals surface area contributed by atoms with Gasteiger partial charge in [-0.25, -0.2) is 4.79 Å². The largest absolute Gasteiger partial charge is 0.445 e. The van der Waals surface area contributed by atoms with Gasteiger partial charge in [-0.05, 0) is 5.56 Å². The van der Waals surface area contributed by atoms with Gasteiger partial charge in [0.1, 0.15) is 6.61 Å². The topological polar surface area (TPSA) is 58.6 Å². The highest BCUT2D eigenvalue weighted by atomic mass is 16.6. The third-order valence-corrected chi connectivity index (χ3v) is 2.75. The molecule has 1 aliphatic heterocycles. The number of nitrogens with one attached hydrogen (secondary N) is 1. The van der Waals surface area contributed by atoms with Gasteiger partial charge in [0.05, 0.1) is 6.04 Å². The number of hydrogen-bond donors (Lipinski definition) is 1. The fourth-order valence-electron chi connectivity index (χ4n) is 1.82. The Morgan fingerprint density at radius 1 is 1.33 bits per heavy atom. The van der Waals surface area contributed by atoms with Crippen LogP contribution in [0.25, 0.3) is 0 Å². The Bertz CT molecular complexity index is 427. The molecule has 5 nitrogen and oxygen atoms in total. The van der Waals surface area contributed by atoms with E-state index in [0.29, 0.717) is 13.1 Å². The van der Waals surface area contributed by atoms with Crippen molar-refractivity contribution in [3.05, 3.63) is 35.9 Å². The number of nitrogens with zero attached hydrogens (tertiary/aromatic N) is 1. The van der Waals surface area contributed by atoms with Crippen molar-refractivity contribution < 1.29 is 14.3 Å². The van der Waals surface area contributed by atoms with Crippen LogP contribution in [0.15, 0.2) is 30.3 Å². The summed E-state index contributed by atoms with van der Waals surface area (Å²) in [4.78, 5) is 24.0. The summed E-state index contributed by atoms with van der Waals surface area (Å²) in [5.41, 5.74) is 0.963. The highest BCUT2D eigenvalue weighted by Gasteiger charge is 2.31. The molecule has 1 aliphatic rings. The lowest BCUT2D eigenvalue weighted by Gasteiger charge is -2.38. The zero-order valence-electron chi connectivity index (χ0n) is 10.3. The third kappa shape index (κ3) is 3.23. The molecule has 1 N–H and O–H groups in total. The van der Waals surface area contributed by atoms with Crippen LogP contribution < -0.4 is 5.32 Å². The van der Waals surface area contributed by atoms with Crippen molar-refractivity contribution in [2.45, 2.75) is 19.6 Å². The Morgan fingerprint density at radius 3 is 2.61 bits per heavy atom. The number of carbonyl (C=O) groups is 2. The van der Waals surface area contributed by atoms with Crippen LogP contribution in [-0.2, 0) is 16.1 Å². The van der Waals surface area contributed by atoms with Crippen LogP contribution in [0.5, 0.6) is 0 Å². The van der Waals surface area contributed by atoms with E-state index >= 15 is 0 Å². The molecule has 18 heavy (non-hydrogen) atoms. The van der Waals surface area contributed by atoms with E-state index in [1.807, 2.05) is 30.3 Å². The molecular weight excluding hydrogens is 232 g/mol. The standard InChI is InChI=1S/C13H16N2O3/c1-10(16)14-12-7-15(8-12)13(17)18-9-11-5-3-2-4-6-11/h2-6,12H,7-9H2,1H3,(H,14,16). The third-order valence-electron chi connectivity index (χ3n) is 2.75. The van der Waals surface area contributed by atoms with Gasteiger partial charge >= 0.3 is 6.09 Å². The van der Waals surface area contributed by atoms with E-state index in [2.05, 4.69) is 5.32 Å². The van der Waals surface area contributed by atoms with Gasteiger partial charge in [0.15, 0.2) is 0 Å². The molecule has 0 saturated carbocycles. The Hall–Kier alpha value is -2.04. The number of ether oxygens (including phenoxy) is 1. The summed E-state index contributed by atoms with van der Waals surface area (Å²) in [5.74, 6) is -0.0719. The number of benzene rings is 1. The van der Waals surface area contributed by atoms with Crippen LogP contribution >= 0.6 is 0 Å². The molecule has 0 spiro atoms. The van der Waals surface area contributed by atoms with Gasteiger partial charge in [0.2, 0.25) is 5.91 Å². The maximum absolute atomic E-state index is 11.6. The number of carbonyl (C=O) groups excluding carboxylic acids is 2. The van der Waals surface area contributed by atoms with Gasteiger partial charge in [0, 0.05) is 20.0 Å². The SMILES string of the molecule is CC(=O)NC1CN(C(=O)OCc2ccccc2)C1. The van der Waals surface area contributed by atoms with Crippen LogP contribution in [-0.4, -0.2) is 36.0 Å². The molecule has 1 fully saturated rings. The van der Waals surface area contributed by atoms with Crippen molar-refractivity contribution in [2.75, 3.05) is 13.1 Å². The Labute approximate surface area is 106 Å². The summed E-state index contributed by atoms with van der Waals surface area (Å²) < 4.78 is 5.16. The maximum Gasteiger partial charge on any atom is 0.410 e. The van der Waals surface area contributed by atoms with Gasteiger partial charge in [-0.15, -0.1) is 0 Å². The van der Waals surface area contributed by atoms with Crippen LogP contribution in [0.2, 0.25) is 0 Å². The smallest absolute Gasteiger partial charge is 0.410 e. The minimum atomic E-state index is -0.333. The van der Waals surface area contributed by atoms with E-state index in [4.69, 9.17) is 4.74 Å². The fraction of sp³-hybridized carbons (Fsp3) is 0.385. The Morgan fingerprint density at radius 2 is 2.00 bits per heavy atom. The first kappa shape index (κ1) is 12.4. The molecule has 1 heterocycles. The monoisotopic (exact) mass is 248 g/mol. The van der Waals surface area contributed by atoms with Gasteiger partial charge in [-0.2, -0.15) is 0 Å². The van der Waals surface area contributed by atoms with E-state index in [0.717, 1.165) is 5.56 Å². The molecule has 0 radical (unpaired) electrons. The normalized spacial score (nSPS) is 14.8. The molecule has 0 aliphatic carbocycles. The van der Waals surface area contributed by atoms with Gasteiger partial charge in [-0.1, -0.05) is 30.3 Å². The molecular formula is C13H16N2O3. The van der Waals surface area contributed by atoms with Crippen LogP contribution in [0.3, 0.4) is 0 Å². The van der Waals surface area contributed by atoms with E-state index in [9.17, 15) is 9.59 Å². The first-order valence-electron chi connectivity index (χ1n) is 5.88. The second-order valence-corrected chi connectivity index (χ2v) is 4.34. The molecule has 96 valence electrons. The van der Waals surface area contributed by atoms with E-state index in [1.165, 1.54) is 6.92 Å². The molecule has 0 bridgehead atoms. The van der Waals surface area contributed by atoms with E-state index in [-0.39, 0.29) is 24.6 Å². The average Bonchev–Trinajstić information content (AvgIpc) is 2.31. The minimum Gasteiger partial charge on any atom is -0.445 e. The second-order valence-electron chi connectivity index (χ2n) is 4.34. The zero-order valence-corrected chi connectivity index (χ0v) is 10.3. The lowest BCUT2D eigenvalue weighted by molar-refractivity contribution is -0.120. The van der Waals surface area contributed by atoms with Crippen LogP contribution in [0.1, 0.15) is 12.5 Å². The molecule has 1 saturated heterocycles. The summed E-state index contributed by atoms with van der Waals surface area (Å²) >= 11 is 0. The number of amides is 2. The summed E-state index contributed by atoms with van der Waals surface area (Å²) in [5, 5.41) is 2.75. The summed E-state index contributed by atoms with van der Waals surface area (Å²) in [6.07, 6.45) is -0.333. The number of likely N-dealkylation sites (tertiary alicyclic amines) is 1. The molecule has 2 rings (SSSR count). The van der Waals surface area contributed by atoms with Crippen LogP contribution in [0, 0.1) is 0 Å². The quantitative estimate of drug-likeness (QED) is 0.872. The fourth-order valence-corrected chi connectivity index (χ4v) is 1.82. The predicted octanol–water partition coefficient (Wildman–Crippen LogP) is 1.14. The molecule has 0 unspecified atom stereocenters. The molecule has 0 atom stereocenters. The highest BCUT2D eigenvalue weighted by Crippen LogP contribution is 2.11. The number of hydrogen-bond acceptors (Lipinski definition) is 3. The van der Waals surface area contributed by atoms with Crippen molar-refractivity contribution in [1.82, 2.24) is 10.2 Å². The Balaban J connectivity index is 1.70. The van der Waals surface area contributed by atoms with Crippen LogP contribution in [0.4, 0.5) is 4.79 Å². The van der Waals surface area contributed by atoms with Crippen molar-refractivity contribution >= 4 is 12.0 Å². The summed E-state index contributed by atoms with van der Waals surface area (Å²) in [6.45, 7) is 2.79. The highest BCUT2D eigenvalue weighted by molar-refractivity contribution is 5.74. The predicted molar refractivity (Wildman–Crippen MR) is 65.8 cm³/mol. The van der Waals surface area contributed by atoms with Gasteiger partial charge in [0.25, 0.3) is 0 Å². The maximum atomic E-state index is 11.6. The van der Waals surface area contributed by atoms with Crippen molar-refractivity contribution in [3.8, 4) is 0 Å². The molecule has 1 aromatic carbocycles. The molecule has 5 heteroatoms. The first-order chi connectivity index (χ1) is 8.65. The zero-order chi connectivity index (χ0) is 13.0. The molecule has 0 aromatic heterocycles. The first-order valence-corrected chi connectivity index (χ1v) is 5.88. The minimum absolute atomic E-state index is 0.0618. The summed E-state index contributed by atoms with van der Waals surface area (Å²) in [7, 11) is 0. The molecule has 1 aromatic rings.